The fourth-order valence-corrected chi connectivity index (χ4v) is 5.24. The zero-order chi connectivity index (χ0) is 21.6. The second-order valence-electron chi connectivity index (χ2n) is 4.97. The predicted octanol–water partition coefficient (Wildman–Crippen LogP) is -14.5. The molecule has 0 saturated heterocycles. The molecule has 8 nitrogen and oxygen atoms in total. The summed E-state index contributed by atoms with van der Waals surface area (Å²) < 4.78 is 19.4. The molecule has 0 aromatic carbocycles. The van der Waals surface area contributed by atoms with E-state index in [9.17, 15) is 0 Å². The average molecular weight is 619 g/mol. The van der Waals surface area contributed by atoms with Crippen LogP contribution in [0.15, 0.2) is 0 Å². The van der Waals surface area contributed by atoms with E-state index in [4.69, 9.17) is 40.6 Å². The van der Waals surface area contributed by atoms with Gasteiger partial charge in [0.2, 0.25) is 0 Å². The number of hydrogen-bond donors (Lipinski definition) is 4. The fourth-order valence-electron chi connectivity index (χ4n) is 1.21. The van der Waals surface area contributed by atoms with Gasteiger partial charge in [-0.25, -0.2) is 21.6 Å². The van der Waals surface area contributed by atoms with Gasteiger partial charge in [0.1, 0.15) is 0 Å². The summed E-state index contributed by atoms with van der Waals surface area (Å²) in [5.74, 6) is 6.16. The Labute approximate surface area is 232 Å². The SMILES string of the molecule is COC(=[NH2+])CCSSCCC(=[NH2+])OC.COC(=[NH2+])CCSSCCC(=[NH2+])OC.[Cl-].[Cl-].[Cl-].[Cl-]. The lowest BCUT2D eigenvalue weighted by atomic mass is 10.5. The molecule has 0 aliphatic carbocycles. The van der Waals surface area contributed by atoms with Crippen molar-refractivity contribution in [3.63, 3.8) is 0 Å². The third-order valence-electron chi connectivity index (χ3n) is 2.94. The van der Waals surface area contributed by atoms with Crippen molar-refractivity contribution in [1.29, 1.82) is 0 Å². The average Bonchev–Trinajstić information content (AvgIpc) is 2.72. The molecule has 8 N–H and O–H groups in total. The van der Waals surface area contributed by atoms with Crippen LogP contribution in [0.2, 0.25) is 0 Å². The Morgan fingerprint density at radius 2 is 0.594 bits per heavy atom. The van der Waals surface area contributed by atoms with Crippen molar-refractivity contribution in [2.75, 3.05) is 51.5 Å². The van der Waals surface area contributed by atoms with Gasteiger partial charge in [-0.2, -0.15) is 0 Å². The van der Waals surface area contributed by atoms with Crippen molar-refractivity contribution >= 4 is 66.8 Å². The standard InChI is InChI=1S/2C8H16N2O2S2.4ClH/c2*1-11-7(9)3-5-13-14-6-4-8(10)12-2;;;;/h2*9-10H,3-6H2,1-2H3;4*1H. The molecule has 0 aromatic heterocycles. The monoisotopic (exact) mass is 616 g/mol. The number of rotatable bonds is 14. The van der Waals surface area contributed by atoms with Gasteiger partial charge in [-0.05, 0) is 0 Å². The van der Waals surface area contributed by atoms with Crippen LogP contribution >= 0.6 is 43.2 Å². The fraction of sp³-hybridized carbons (Fsp3) is 0.750. The lowest BCUT2D eigenvalue weighted by Gasteiger charge is -1.98. The lowest BCUT2D eigenvalue weighted by Crippen LogP contribution is -3.00. The van der Waals surface area contributed by atoms with Crippen LogP contribution in [0.4, 0.5) is 0 Å². The van der Waals surface area contributed by atoms with Crippen molar-refractivity contribution < 1.29 is 90.2 Å². The Bertz CT molecular complexity index is 394. The number of halogens is 4. The smallest absolute Gasteiger partial charge is 0.333 e. The van der Waals surface area contributed by atoms with Crippen LogP contribution in [0.25, 0.3) is 0 Å². The van der Waals surface area contributed by atoms with Crippen LogP contribution in [0.3, 0.4) is 0 Å². The minimum atomic E-state index is 0. The van der Waals surface area contributed by atoms with Crippen molar-refractivity contribution in [2.24, 2.45) is 0 Å². The summed E-state index contributed by atoms with van der Waals surface area (Å²) in [6, 6.07) is 0. The van der Waals surface area contributed by atoms with Gasteiger partial charge in [-0.1, -0.05) is 43.2 Å². The number of nitrogens with two attached hydrogens (primary N) is 4. The van der Waals surface area contributed by atoms with Crippen molar-refractivity contribution in [3.8, 4) is 0 Å². The summed E-state index contributed by atoms with van der Waals surface area (Å²) in [7, 11) is 13.4. The van der Waals surface area contributed by atoms with Gasteiger partial charge >= 0.3 is 23.6 Å². The highest BCUT2D eigenvalue weighted by molar-refractivity contribution is 8.77. The largest absolute Gasteiger partial charge is 1.00 e. The van der Waals surface area contributed by atoms with E-state index in [1.54, 1.807) is 71.6 Å². The molecule has 0 bridgehead atoms. The second-order valence-corrected chi connectivity index (χ2v) is 10.4. The maximum Gasteiger partial charge on any atom is 0.333 e. The summed E-state index contributed by atoms with van der Waals surface area (Å²) >= 11 is 0. The van der Waals surface area contributed by atoms with E-state index in [2.05, 4.69) is 0 Å². The summed E-state index contributed by atoms with van der Waals surface area (Å²) in [6.07, 6.45) is 3.16. The molecule has 0 saturated carbocycles. The van der Waals surface area contributed by atoms with E-state index < -0.39 is 0 Å². The van der Waals surface area contributed by atoms with E-state index in [-0.39, 0.29) is 49.6 Å². The molecule has 0 atom stereocenters. The highest BCUT2D eigenvalue weighted by Gasteiger charge is 2.04. The van der Waals surface area contributed by atoms with Crippen molar-refractivity contribution in [2.45, 2.75) is 25.7 Å². The van der Waals surface area contributed by atoms with E-state index in [1.807, 2.05) is 0 Å². The topological polar surface area (TPSA) is 139 Å². The minimum Gasteiger partial charge on any atom is -1.00 e. The molecule has 0 rings (SSSR count). The molecule has 0 aromatic rings. The molecule has 0 radical (unpaired) electrons. The van der Waals surface area contributed by atoms with Gasteiger partial charge in [-0.3, -0.25) is 0 Å². The molecule has 196 valence electrons. The third kappa shape index (κ3) is 37.7. The normalized spacial score (nSPS) is 8.38. The molecular weight excluding hydrogens is 582 g/mol. The first-order chi connectivity index (χ1) is 13.4. The van der Waals surface area contributed by atoms with Crippen molar-refractivity contribution in [3.05, 3.63) is 0 Å². The Hall–Kier alpha value is 0.440. The molecular formula is C16H36Cl4N4O4S4. The number of methoxy groups -OCH3 is 4. The van der Waals surface area contributed by atoms with E-state index in [0.717, 1.165) is 48.7 Å². The Morgan fingerprint density at radius 1 is 0.438 bits per heavy atom. The van der Waals surface area contributed by atoms with Gasteiger partial charge in [0.05, 0.1) is 54.1 Å². The molecule has 16 heteroatoms. The minimum absolute atomic E-state index is 0. The van der Waals surface area contributed by atoms with E-state index in [1.165, 1.54) is 0 Å². The van der Waals surface area contributed by atoms with Crippen molar-refractivity contribution in [1.82, 2.24) is 0 Å². The third-order valence-corrected chi connectivity index (χ3v) is 7.76. The summed E-state index contributed by atoms with van der Waals surface area (Å²) in [5.41, 5.74) is 0. The molecule has 0 unspecified atom stereocenters. The molecule has 0 heterocycles. The van der Waals surface area contributed by atoms with Gasteiger partial charge in [0, 0.05) is 23.0 Å². The van der Waals surface area contributed by atoms with Crippen LogP contribution in [0.1, 0.15) is 25.7 Å². The Balaban J connectivity index is -0.0000000939. The van der Waals surface area contributed by atoms with E-state index in [0.29, 0.717) is 23.6 Å². The number of ether oxygens (including phenoxy) is 4. The van der Waals surface area contributed by atoms with Crippen LogP contribution in [0, 0.1) is 0 Å². The Kier molecular flexibility index (Phi) is 51.6. The highest BCUT2D eigenvalue weighted by atomic mass is 35.5. The highest BCUT2D eigenvalue weighted by Crippen LogP contribution is 2.23. The van der Waals surface area contributed by atoms with Crippen LogP contribution in [-0.2, 0) is 18.9 Å². The van der Waals surface area contributed by atoms with Gasteiger partial charge in [0.25, 0.3) is 0 Å². The molecule has 0 aliphatic heterocycles. The van der Waals surface area contributed by atoms with Gasteiger partial charge in [0.15, 0.2) is 0 Å². The first kappa shape index (κ1) is 45.9. The van der Waals surface area contributed by atoms with Crippen LogP contribution in [-0.4, -0.2) is 75.0 Å². The van der Waals surface area contributed by atoms with Gasteiger partial charge in [-0.15, -0.1) is 0 Å². The lowest BCUT2D eigenvalue weighted by molar-refractivity contribution is -0.141. The molecule has 0 fully saturated rings. The molecule has 0 spiro atoms. The quantitative estimate of drug-likeness (QED) is 0.0652. The summed E-state index contributed by atoms with van der Waals surface area (Å²) in [6.45, 7) is 0. The second kappa shape index (κ2) is 36.0. The summed E-state index contributed by atoms with van der Waals surface area (Å²) in [5, 5.41) is 21.9. The first-order valence-corrected chi connectivity index (χ1v) is 13.5. The zero-order valence-electron chi connectivity index (χ0n) is 18.7. The van der Waals surface area contributed by atoms with E-state index >= 15 is 0 Å². The predicted molar refractivity (Wildman–Crippen MR) is 124 cm³/mol. The molecule has 32 heavy (non-hydrogen) atoms. The zero-order valence-corrected chi connectivity index (χ0v) is 25.0. The maximum atomic E-state index is 5.49. The van der Waals surface area contributed by atoms with Crippen LogP contribution in [0.5, 0.6) is 0 Å². The Morgan fingerprint density at radius 3 is 0.719 bits per heavy atom. The number of hydrogen-bond acceptors (Lipinski definition) is 8. The maximum absolute atomic E-state index is 5.49. The molecule has 0 amide bonds. The molecule has 0 aliphatic rings. The summed E-state index contributed by atoms with van der Waals surface area (Å²) in [4.78, 5) is 0. The van der Waals surface area contributed by atoms with Gasteiger partial charge < -0.3 is 68.6 Å². The first-order valence-electron chi connectivity index (χ1n) is 8.51. The van der Waals surface area contributed by atoms with Crippen LogP contribution < -0.4 is 71.3 Å².